The third-order valence-corrected chi connectivity index (χ3v) is 2.40. The van der Waals surface area contributed by atoms with Crippen LogP contribution in [0.2, 0.25) is 0 Å². The van der Waals surface area contributed by atoms with Crippen LogP contribution in [-0.4, -0.2) is 29.1 Å². The maximum absolute atomic E-state index is 12.6. The standard InChI is InChI=1S/C11H13FN2O3/c12-6-11(14,10(16)17)5-9(15)7-3-1-2-4-8(7)13/h1-4H,5-6,13-14H2,(H,16,17). The predicted molar refractivity (Wildman–Crippen MR) is 60.3 cm³/mol. The average Bonchev–Trinajstić information content (AvgIpc) is 2.29. The minimum Gasteiger partial charge on any atom is -0.480 e. The zero-order chi connectivity index (χ0) is 13.1. The highest BCUT2D eigenvalue weighted by Gasteiger charge is 2.37. The summed E-state index contributed by atoms with van der Waals surface area (Å²) < 4.78 is 12.6. The summed E-state index contributed by atoms with van der Waals surface area (Å²) in [5.74, 6) is -2.14. The Bertz CT molecular complexity index is 450. The molecule has 5 N–H and O–H groups in total. The highest BCUT2D eigenvalue weighted by molar-refractivity contribution is 6.03. The number of benzene rings is 1. The normalized spacial score (nSPS) is 14.0. The molecule has 6 heteroatoms. The number of carboxylic acid groups (broad SMARTS) is 1. The van der Waals surface area contributed by atoms with E-state index in [1.54, 1.807) is 12.1 Å². The summed E-state index contributed by atoms with van der Waals surface area (Å²) in [4.78, 5) is 22.5. The van der Waals surface area contributed by atoms with Gasteiger partial charge in [-0.05, 0) is 12.1 Å². The second-order valence-corrected chi connectivity index (χ2v) is 3.78. The molecule has 0 aliphatic carbocycles. The van der Waals surface area contributed by atoms with Crippen LogP contribution in [0.1, 0.15) is 16.8 Å². The number of nitrogen functional groups attached to an aromatic ring is 1. The van der Waals surface area contributed by atoms with Gasteiger partial charge in [-0.2, -0.15) is 0 Å². The summed E-state index contributed by atoms with van der Waals surface area (Å²) >= 11 is 0. The first kappa shape index (κ1) is 13.1. The number of nitrogens with two attached hydrogens (primary N) is 2. The second-order valence-electron chi connectivity index (χ2n) is 3.78. The summed E-state index contributed by atoms with van der Waals surface area (Å²) in [6, 6.07) is 6.16. The summed E-state index contributed by atoms with van der Waals surface area (Å²) in [5.41, 5.74) is 9.01. The topological polar surface area (TPSA) is 106 Å². The number of aliphatic carboxylic acids is 1. The number of para-hydroxylation sites is 1. The Morgan fingerprint density at radius 2 is 1.94 bits per heavy atom. The van der Waals surface area contributed by atoms with E-state index in [1.165, 1.54) is 12.1 Å². The van der Waals surface area contributed by atoms with Crippen LogP contribution >= 0.6 is 0 Å². The minimum atomic E-state index is -2.20. The Morgan fingerprint density at radius 1 is 1.35 bits per heavy atom. The number of Topliss-reactive ketones (excluding diaryl/α,β-unsaturated/α-hetero) is 1. The summed E-state index contributed by atoms with van der Waals surface area (Å²) in [7, 11) is 0. The van der Waals surface area contributed by atoms with Gasteiger partial charge < -0.3 is 16.6 Å². The number of carbonyl (C=O) groups excluding carboxylic acids is 1. The smallest absolute Gasteiger partial charge is 0.326 e. The van der Waals surface area contributed by atoms with Gasteiger partial charge in [-0.3, -0.25) is 9.59 Å². The first-order valence-electron chi connectivity index (χ1n) is 4.86. The van der Waals surface area contributed by atoms with Crippen molar-refractivity contribution in [3.8, 4) is 0 Å². The van der Waals surface area contributed by atoms with Gasteiger partial charge in [0.25, 0.3) is 0 Å². The molecule has 0 bridgehead atoms. The molecule has 1 aromatic rings. The van der Waals surface area contributed by atoms with Crippen LogP contribution in [0.25, 0.3) is 0 Å². The van der Waals surface area contributed by atoms with E-state index < -0.39 is 30.4 Å². The van der Waals surface area contributed by atoms with Crippen molar-refractivity contribution < 1.29 is 19.1 Å². The molecule has 0 saturated carbocycles. The van der Waals surface area contributed by atoms with Crippen molar-refractivity contribution in [2.24, 2.45) is 5.73 Å². The molecule has 0 saturated heterocycles. The van der Waals surface area contributed by atoms with E-state index in [0.29, 0.717) is 0 Å². The van der Waals surface area contributed by atoms with Crippen LogP contribution < -0.4 is 11.5 Å². The fourth-order valence-electron chi connectivity index (χ4n) is 1.31. The molecular formula is C11H13FN2O3. The third kappa shape index (κ3) is 2.79. The van der Waals surface area contributed by atoms with Gasteiger partial charge in [0.05, 0.1) is 0 Å². The van der Waals surface area contributed by atoms with Crippen LogP contribution in [0, 0.1) is 0 Å². The van der Waals surface area contributed by atoms with Gasteiger partial charge in [-0.1, -0.05) is 12.1 Å². The number of carbonyl (C=O) groups is 2. The molecule has 0 radical (unpaired) electrons. The number of anilines is 1. The van der Waals surface area contributed by atoms with E-state index in [0.717, 1.165) is 0 Å². The number of hydrogen-bond acceptors (Lipinski definition) is 4. The Kier molecular flexibility index (Phi) is 3.80. The molecule has 0 spiro atoms. The van der Waals surface area contributed by atoms with Crippen molar-refractivity contribution in [1.82, 2.24) is 0 Å². The minimum absolute atomic E-state index is 0.150. The maximum atomic E-state index is 12.6. The molecule has 0 aliphatic heterocycles. The largest absolute Gasteiger partial charge is 0.480 e. The van der Waals surface area contributed by atoms with Crippen molar-refractivity contribution in [2.75, 3.05) is 12.4 Å². The van der Waals surface area contributed by atoms with Crippen molar-refractivity contribution in [2.45, 2.75) is 12.0 Å². The van der Waals surface area contributed by atoms with Crippen molar-refractivity contribution in [3.63, 3.8) is 0 Å². The van der Waals surface area contributed by atoms with Crippen molar-refractivity contribution in [3.05, 3.63) is 29.8 Å². The molecule has 1 atom stereocenters. The van der Waals surface area contributed by atoms with E-state index in [9.17, 15) is 14.0 Å². The molecule has 0 heterocycles. The highest BCUT2D eigenvalue weighted by atomic mass is 19.1. The predicted octanol–water partition coefficient (Wildman–Crippen LogP) is 0.593. The second kappa shape index (κ2) is 4.92. The van der Waals surface area contributed by atoms with Crippen LogP contribution in [0.4, 0.5) is 10.1 Å². The van der Waals surface area contributed by atoms with Gasteiger partial charge in [0, 0.05) is 17.7 Å². The zero-order valence-corrected chi connectivity index (χ0v) is 9.02. The van der Waals surface area contributed by atoms with E-state index >= 15 is 0 Å². The first-order valence-corrected chi connectivity index (χ1v) is 4.86. The Morgan fingerprint density at radius 3 is 2.41 bits per heavy atom. The SMILES string of the molecule is Nc1ccccc1C(=O)CC(N)(CF)C(=O)O. The molecule has 0 aliphatic rings. The molecule has 1 aromatic carbocycles. The fourth-order valence-corrected chi connectivity index (χ4v) is 1.31. The Labute approximate surface area is 97.2 Å². The molecule has 0 fully saturated rings. The molecule has 5 nitrogen and oxygen atoms in total. The van der Waals surface area contributed by atoms with Gasteiger partial charge >= 0.3 is 5.97 Å². The monoisotopic (exact) mass is 240 g/mol. The van der Waals surface area contributed by atoms with Gasteiger partial charge in [0.15, 0.2) is 11.3 Å². The molecular weight excluding hydrogens is 227 g/mol. The molecule has 17 heavy (non-hydrogen) atoms. The molecule has 1 rings (SSSR count). The average molecular weight is 240 g/mol. The molecule has 0 amide bonds. The quantitative estimate of drug-likeness (QED) is 0.516. The third-order valence-electron chi connectivity index (χ3n) is 2.40. The van der Waals surface area contributed by atoms with Crippen molar-refractivity contribution >= 4 is 17.4 Å². The number of halogens is 1. The van der Waals surface area contributed by atoms with Gasteiger partial charge in [-0.15, -0.1) is 0 Å². The molecule has 1 unspecified atom stereocenters. The van der Waals surface area contributed by atoms with Crippen LogP contribution in [0.3, 0.4) is 0 Å². The van der Waals surface area contributed by atoms with Crippen molar-refractivity contribution in [1.29, 1.82) is 0 Å². The van der Waals surface area contributed by atoms with Gasteiger partial charge in [0.1, 0.15) is 6.67 Å². The van der Waals surface area contributed by atoms with E-state index in [4.69, 9.17) is 16.6 Å². The van der Waals surface area contributed by atoms with E-state index in [1.807, 2.05) is 0 Å². The maximum Gasteiger partial charge on any atom is 0.326 e. The summed E-state index contributed by atoms with van der Waals surface area (Å²) in [5, 5.41) is 8.75. The summed E-state index contributed by atoms with van der Waals surface area (Å²) in [6.07, 6.45) is -0.632. The number of hydrogen-bond donors (Lipinski definition) is 3. The lowest BCUT2D eigenvalue weighted by Crippen LogP contribution is -2.51. The number of ketones is 1. The highest BCUT2D eigenvalue weighted by Crippen LogP contribution is 2.18. The molecule has 0 aromatic heterocycles. The van der Waals surface area contributed by atoms with E-state index in [-0.39, 0.29) is 11.3 Å². The summed E-state index contributed by atoms with van der Waals surface area (Å²) in [6.45, 7) is -1.32. The van der Waals surface area contributed by atoms with Gasteiger partial charge in [0.2, 0.25) is 0 Å². The van der Waals surface area contributed by atoms with Crippen LogP contribution in [0.5, 0.6) is 0 Å². The first-order chi connectivity index (χ1) is 7.90. The Balaban J connectivity index is 2.93. The Hall–Kier alpha value is -1.95. The van der Waals surface area contributed by atoms with E-state index in [2.05, 4.69) is 0 Å². The number of carboxylic acids is 1. The van der Waals surface area contributed by atoms with Gasteiger partial charge in [-0.25, -0.2) is 4.39 Å². The molecule has 92 valence electrons. The number of alkyl halides is 1. The lowest BCUT2D eigenvalue weighted by Gasteiger charge is -2.20. The lowest BCUT2D eigenvalue weighted by molar-refractivity contribution is -0.143. The van der Waals surface area contributed by atoms with Crippen LogP contribution in [-0.2, 0) is 4.79 Å². The van der Waals surface area contributed by atoms with Crippen LogP contribution in [0.15, 0.2) is 24.3 Å². The number of rotatable bonds is 5. The lowest BCUT2D eigenvalue weighted by atomic mass is 9.92. The fraction of sp³-hybridized carbons (Fsp3) is 0.273. The zero-order valence-electron chi connectivity index (χ0n) is 9.02.